The molecule has 0 fully saturated rings. The summed E-state index contributed by atoms with van der Waals surface area (Å²) in [5, 5.41) is 11.8. The van der Waals surface area contributed by atoms with Gasteiger partial charge in [0.05, 0.1) is 11.1 Å². The molecule has 0 saturated carbocycles. The molecule has 3 nitrogen and oxygen atoms in total. The Morgan fingerprint density at radius 2 is 1.13 bits per heavy atom. The first-order valence-corrected chi connectivity index (χ1v) is 15.0. The second-order valence-corrected chi connectivity index (χ2v) is 12.6. The van der Waals surface area contributed by atoms with E-state index < -0.39 is 13.3 Å². The van der Waals surface area contributed by atoms with E-state index in [1.54, 1.807) is 0 Å². The first kappa shape index (κ1) is 28.8. The molecule has 1 heterocycles. The van der Waals surface area contributed by atoms with Crippen LogP contribution in [-0.4, -0.2) is 33.7 Å². The van der Waals surface area contributed by atoms with Crippen LogP contribution in [-0.2, 0) is 4.57 Å². The van der Waals surface area contributed by atoms with Crippen LogP contribution in [0.4, 0.5) is 0 Å². The Morgan fingerprint density at radius 1 is 0.742 bits per heavy atom. The van der Waals surface area contributed by atoms with Crippen molar-refractivity contribution in [3.63, 3.8) is 0 Å². The maximum atomic E-state index is 12.6. The van der Waals surface area contributed by atoms with Gasteiger partial charge in [-0.05, 0) is 46.1 Å². The summed E-state index contributed by atoms with van der Waals surface area (Å²) in [5.41, 5.74) is 0.337. The summed E-state index contributed by atoms with van der Waals surface area (Å²) < 4.78 is 12.6. The molecule has 0 bridgehead atoms. The zero-order chi connectivity index (χ0) is 23.2. The second kappa shape index (κ2) is 15.6. The van der Waals surface area contributed by atoms with Gasteiger partial charge >= 0.3 is 7.80 Å². The molecule has 0 aromatic rings. The minimum absolute atomic E-state index is 0.372. The van der Waals surface area contributed by atoms with E-state index in [0.717, 1.165) is 18.2 Å². The van der Waals surface area contributed by atoms with Crippen LogP contribution in [0.1, 0.15) is 137 Å². The highest BCUT2D eigenvalue weighted by Crippen LogP contribution is 2.42. The van der Waals surface area contributed by atoms with Gasteiger partial charge in [-0.2, -0.15) is 5.06 Å². The predicted octanol–water partition coefficient (Wildman–Crippen LogP) is 9.26. The van der Waals surface area contributed by atoms with E-state index in [0.29, 0.717) is 6.16 Å². The lowest BCUT2D eigenvalue weighted by molar-refractivity contribution is -0.185. The van der Waals surface area contributed by atoms with Gasteiger partial charge in [0, 0.05) is 0 Å². The topological polar surface area (TPSA) is 40.5 Å². The van der Waals surface area contributed by atoms with Crippen molar-refractivity contribution in [1.29, 1.82) is 0 Å². The van der Waals surface area contributed by atoms with E-state index in [-0.39, 0.29) is 5.54 Å². The molecule has 1 N–H and O–H groups in total. The first-order chi connectivity index (χ1) is 14.7. The highest BCUT2D eigenvalue weighted by molar-refractivity contribution is 7.44. The van der Waals surface area contributed by atoms with Crippen molar-refractivity contribution in [3.8, 4) is 0 Å². The fourth-order valence-corrected chi connectivity index (χ4v) is 6.46. The molecular formula is C27H53NO2P+. The maximum Gasteiger partial charge on any atom is 0.343 e. The Kier molecular flexibility index (Phi) is 14.5. The van der Waals surface area contributed by atoms with Gasteiger partial charge in [0.1, 0.15) is 6.16 Å². The van der Waals surface area contributed by atoms with E-state index >= 15 is 0 Å². The van der Waals surface area contributed by atoms with Crippen molar-refractivity contribution in [2.45, 2.75) is 148 Å². The molecular weight excluding hydrogens is 401 g/mol. The third kappa shape index (κ3) is 11.4. The van der Waals surface area contributed by atoms with Crippen molar-refractivity contribution in [3.05, 3.63) is 11.6 Å². The Balaban J connectivity index is 1.93. The van der Waals surface area contributed by atoms with Crippen molar-refractivity contribution in [1.82, 2.24) is 5.06 Å². The summed E-state index contributed by atoms with van der Waals surface area (Å²) in [5.74, 6) is 0. The number of rotatable bonds is 19. The number of hydroxylamine groups is 2. The predicted molar refractivity (Wildman–Crippen MR) is 137 cm³/mol. The Hall–Kier alpha value is -0.240. The summed E-state index contributed by atoms with van der Waals surface area (Å²) >= 11 is 0. The minimum atomic E-state index is -1.21. The summed E-state index contributed by atoms with van der Waals surface area (Å²) in [6, 6.07) is 0. The molecule has 182 valence electrons. The van der Waals surface area contributed by atoms with Crippen LogP contribution in [0, 0.1) is 0 Å². The SMILES string of the molecule is CCCCCCCCCCCCCCCCCC[P+](=O)CC1=CC(C)(C)N(O)C1(C)C. The number of nitrogens with zero attached hydrogens (tertiary/aromatic N) is 1. The number of hydrogen-bond donors (Lipinski definition) is 1. The summed E-state index contributed by atoms with van der Waals surface area (Å²) in [4.78, 5) is 0. The molecule has 1 atom stereocenters. The van der Waals surface area contributed by atoms with Crippen LogP contribution < -0.4 is 0 Å². The molecule has 0 aliphatic carbocycles. The van der Waals surface area contributed by atoms with Crippen LogP contribution >= 0.6 is 7.80 Å². The van der Waals surface area contributed by atoms with E-state index in [4.69, 9.17) is 0 Å². The summed E-state index contributed by atoms with van der Waals surface area (Å²) in [6.45, 7) is 10.3. The fourth-order valence-electron chi connectivity index (χ4n) is 4.86. The van der Waals surface area contributed by atoms with E-state index in [1.807, 2.05) is 27.7 Å². The molecule has 1 rings (SSSR count). The van der Waals surface area contributed by atoms with Gasteiger partial charge in [0.2, 0.25) is 0 Å². The average molecular weight is 455 g/mol. The molecule has 31 heavy (non-hydrogen) atoms. The van der Waals surface area contributed by atoms with E-state index in [1.165, 1.54) is 101 Å². The van der Waals surface area contributed by atoms with Gasteiger partial charge in [-0.25, -0.2) is 0 Å². The third-order valence-electron chi connectivity index (χ3n) is 7.00. The normalized spacial score (nSPS) is 18.4. The highest BCUT2D eigenvalue weighted by atomic mass is 31.1. The van der Waals surface area contributed by atoms with Crippen LogP contribution in [0.2, 0.25) is 0 Å². The summed E-state index contributed by atoms with van der Waals surface area (Å²) in [6.07, 6.45) is 25.4. The van der Waals surface area contributed by atoms with Crippen molar-refractivity contribution >= 4 is 7.80 Å². The molecule has 0 aromatic heterocycles. The third-order valence-corrected chi connectivity index (χ3v) is 8.50. The minimum Gasteiger partial charge on any atom is -0.312 e. The number of unbranched alkanes of at least 4 members (excludes halogenated alkanes) is 15. The van der Waals surface area contributed by atoms with Crippen molar-refractivity contribution < 1.29 is 9.77 Å². The molecule has 1 aliphatic heterocycles. The van der Waals surface area contributed by atoms with Gasteiger partial charge in [0.15, 0.2) is 6.16 Å². The van der Waals surface area contributed by atoms with Crippen molar-refractivity contribution in [2.75, 3.05) is 12.3 Å². The lowest BCUT2D eigenvalue weighted by Crippen LogP contribution is -2.48. The molecule has 0 spiro atoms. The van der Waals surface area contributed by atoms with Gasteiger partial charge in [-0.15, -0.1) is 0 Å². The number of hydrogen-bond acceptors (Lipinski definition) is 3. The Morgan fingerprint density at radius 3 is 1.48 bits per heavy atom. The monoisotopic (exact) mass is 454 g/mol. The molecule has 4 heteroatoms. The lowest BCUT2D eigenvalue weighted by atomic mass is 9.98. The zero-order valence-corrected chi connectivity index (χ0v) is 22.4. The van der Waals surface area contributed by atoms with E-state index in [9.17, 15) is 9.77 Å². The van der Waals surface area contributed by atoms with Crippen LogP contribution in [0.15, 0.2) is 11.6 Å². The average Bonchev–Trinajstić information content (AvgIpc) is 2.86. The van der Waals surface area contributed by atoms with E-state index in [2.05, 4.69) is 13.0 Å². The van der Waals surface area contributed by atoms with Gasteiger partial charge < -0.3 is 5.21 Å². The lowest BCUT2D eigenvalue weighted by Gasteiger charge is -2.35. The Bertz CT molecular complexity index is 527. The van der Waals surface area contributed by atoms with Crippen LogP contribution in [0.5, 0.6) is 0 Å². The maximum absolute atomic E-state index is 12.6. The van der Waals surface area contributed by atoms with Gasteiger partial charge in [0.25, 0.3) is 0 Å². The smallest absolute Gasteiger partial charge is 0.312 e. The van der Waals surface area contributed by atoms with Gasteiger partial charge in [-0.1, -0.05) is 107 Å². The Labute approximate surface area is 195 Å². The molecule has 1 unspecified atom stereocenters. The van der Waals surface area contributed by atoms with Gasteiger partial charge in [-0.3, -0.25) is 0 Å². The first-order valence-electron chi connectivity index (χ1n) is 13.4. The molecule has 0 aromatic carbocycles. The quantitative estimate of drug-likeness (QED) is 0.120. The van der Waals surface area contributed by atoms with Crippen LogP contribution in [0.3, 0.4) is 0 Å². The second-order valence-electron chi connectivity index (χ2n) is 10.9. The molecule has 0 amide bonds. The zero-order valence-electron chi connectivity index (χ0n) is 21.6. The molecule has 0 saturated heterocycles. The van der Waals surface area contributed by atoms with Crippen LogP contribution in [0.25, 0.3) is 0 Å². The fraction of sp³-hybridized carbons (Fsp3) is 0.926. The summed E-state index contributed by atoms with van der Waals surface area (Å²) in [7, 11) is -1.21. The highest BCUT2D eigenvalue weighted by Gasteiger charge is 2.47. The standard InChI is InChI=1S/C27H53NO2P/c1-6-7-8-9-10-11-12-13-14-15-16-17-18-19-20-21-22-31(30)24-25-23-26(2,3)28(29)27(25,4)5/h23,29H,6-22,24H2,1-5H3/q+1. The van der Waals surface area contributed by atoms with Crippen molar-refractivity contribution in [2.24, 2.45) is 0 Å². The molecule has 0 radical (unpaired) electrons. The largest absolute Gasteiger partial charge is 0.343 e. The molecule has 1 aliphatic rings.